The van der Waals surface area contributed by atoms with Crippen molar-refractivity contribution < 1.29 is 9.53 Å². The molecule has 1 saturated carbocycles. The topological polar surface area (TPSA) is 55.6 Å². The molecule has 0 bridgehead atoms. The van der Waals surface area contributed by atoms with Crippen molar-refractivity contribution in [2.45, 2.75) is 39.3 Å². The fourth-order valence-corrected chi connectivity index (χ4v) is 2.82. The number of carbonyl (C=O) groups is 1. The summed E-state index contributed by atoms with van der Waals surface area (Å²) in [7, 11) is 2.10. The maximum Gasteiger partial charge on any atom is 0.159 e. The van der Waals surface area contributed by atoms with Crippen LogP contribution < -0.4 is 10.5 Å². The molecule has 2 N–H and O–H groups in total. The van der Waals surface area contributed by atoms with E-state index < -0.39 is 0 Å². The van der Waals surface area contributed by atoms with Gasteiger partial charge in [-0.1, -0.05) is 0 Å². The summed E-state index contributed by atoms with van der Waals surface area (Å²) < 4.78 is 5.69. The molecule has 0 radical (unpaired) electrons. The fourth-order valence-electron chi connectivity index (χ4n) is 2.82. The number of nitrogens with two attached hydrogens (primary N) is 1. The molecule has 1 aliphatic rings. The first-order valence-electron chi connectivity index (χ1n) is 7.73. The highest BCUT2D eigenvalue weighted by Crippen LogP contribution is 2.35. The molecular formula is C17H26N2O2. The minimum Gasteiger partial charge on any atom is -0.494 e. The zero-order chi connectivity index (χ0) is 15.4. The van der Waals surface area contributed by atoms with E-state index >= 15 is 0 Å². The summed E-state index contributed by atoms with van der Waals surface area (Å²) in [4.78, 5) is 13.9. The molecule has 4 heteroatoms. The summed E-state index contributed by atoms with van der Waals surface area (Å²) in [6.45, 7) is 5.63. The zero-order valence-corrected chi connectivity index (χ0v) is 13.3. The maximum absolute atomic E-state index is 11.6. The lowest BCUT2D eigenvalue weighted by molar-refractivity contribution is 0.101. The second-order valence-corrected chi connectivity index (χ2v) is 5.87. The number of hydrogen-bond acceptors (Lipinski definition) is 4. The molecule has 0 saturated heterocycles. The highest BCUT2D eigenvalue weighted by molar-refractivity contribution is 5.94. The van der Waals surface area contributed by atoms with E-state index in [1.807, 2.05) is 25.1 Å². The Balaban J connectivity index is 2.18. The number of nitrogens with zero attached hydrogens (tertiary/aromatic N) is 1. The van der Waals surface area contributed by atoms with Crippen LogP contribution in [0.2, 0.25) is 0 Å². The molecule has 0 amide bonds. The number of Topliss-reactive ketones (excluding diaryl/α,β-unsaturated/α-hetero) is 1. The number of benzene rings is 1. The summed E-state index contributed by atoms with van der Waals surface area (Å²) in [6, 6.07) is 6.10. The van der Waals surface area contributed by atoms with Crippen LogP contribution in [0.1, 0.15) is 42.6 Å². The van der Waals surface area contributed by atoms with Crippen LogP contribution in [-0.2, 0) is 6.54 Å². The van der Waals surface area contributed by atoms with E-state index in [-0.39, 0.29) is 5.78 Å². The van der Waals surface area contributed by atoms with Crippen molar-refractivity contribution in [2.24, 2.45) is 11.7 Å². The van der Waals surface area contributed by atoms with Gasteiger partial charge in [-0.2, -0.15) is 0 Å². The van der Waals surface area contributed by atoms with Crippen molar-refractivity contribution in [2.75, 3.05) is 20.2 Å². The van der Waals surface area contributed by atoms with Crippen LogP contribution in [0.3, 0.4) is 0 Å². The van der Waals surface area contributed by atoms with E-state index in [0.717, 1.165) is 29.3 Å². The lowest BCUT2D eigenvalue weighted by Gasteiger charge is -2.27. The normalized spacial score (nSPS) is 16.0. The monoisotopic (exact) mass is 290 g/mol. The molecule has 0 aromatic heterocycles. The summed E-state index contributed by atoms with van der Waals surface area (Å²) in [6.07, 6.45) is 2.55. The summed E-state index contributed by atoms with van der Waals surface area (Å²) in [5, 5.41) is 0. The Morgan fingerprint density at radius 3 is 2.71 bits per heavy atom. The van der Waals surface area contributed by atoms with E-state index in [1.165, 1.54) is 12.8 Å². The summed E-state index contributed by atoms with van der Waals surface area (Å²) >= 11 is 0. The molecule has 1 aromatic carbocycles. The van der Waals surface area contributed by atoms with Gasteiger partial charge in [-0.15, -0.1) is 0 Å². The Labute approximate surface area is 127 Å². The molecule has 0 spiro atoms. The lowest BCUT2D eigenvalue weighted by Crippen LogP contribution is -2.39. The molecule has 4 nitrogen and oxygen atoms in total. The van der Waals surface area contributed by atoms with E-state index in [9.17, 15) is 4.79 Å². The smallest absolute Gasteiger partial charge is 0.159 e. The van der Waals surface area contributed by atoms with Crippen LogP contribution in [0.4, 0.5) is 0 Å². The van der Waals surface area contributed by atoms with Gasteiger partial charge >= 0.3 is 0 Å². The van der Waals surface area contributed by atoms with Crippen molar-refractivity contribution in [1.29, 1.82) is 0 Å². The van der Waals surface area contributed by atoms with Gasteiger partial charge in [-0.3, -0.25) is 9.69 Å². The van der Waals surface area contributed by atoms with Gasteiger partial charge in [0.05, 0.1) is 6.61 Å². The second-order valence-electron chi connectivity index (χ2n) is 5.87. The Morgan fingerprint density at radius 1 is 1.48 bits per heavy atom. The minimum absolute atomic E-state index is 0.0829. The SMILES string of the molecule is CCOc1ccc(C(C)=O)cc1CN(C)C(CN)C1CC1. The Hall–Kier alpha value is -1.39. The predicted molar refractivity (Wildman–Crippen MR) is 84.6 cm³/mol. The Kier molecular flexibility index (Phi) is 5.37. The third-order valence-electron chi connectivity index (χ3n) is 4.16. The van der Waals surface area contributed by atoms with Crippen LogP contribution >= 0.6 is 0 Å². The van der Waals surface area contributed by atoms with Gasteiger partial charge in [0.25, 0.3) is 0 Å². The maximum atomic E-state index is 11.6. The molecule has 1 aliphatic carbocycles. The van der Waals surface area contributed by atoms with Crippen LogP contribution in [0.25, 0.3) is 0 Å². The van der Waals surface area contributed by atoms with Crippen LogP contribution in [-0.4, -0.2) is 36.9 Å². The zero-order valence-electron chi connectivity index (χ0n) is 13.3. The number of rotatable bonds is 8. The Bertz CT molecular complexity index is 498. The fraction of sp³-hybridized carbons (Fsp3) is 0.588. The van der Waals surface area contributed by atoms with E-state index in [0.29, 0.717) is 19.2 Å². The van der Waals surface area contributed by atoms with Crippen molar-refractivity contribution >= 4 is 5.78 Å². The molecule has 1 fully saturated rings. The van der Waals surface area contributed by atoms with Gasteiger partial charge in [-0.05, 0) is 57.9 Å². The van der Waals surface area contributed by atoms with Crippen molar-refractivity contribution in [3.05, 3.63) is 29.3 Å². The van der Waals surface area contributed by atoms with Crippen LogP contribution in [0.5, 0.6) is 5.75 Å². The molecule has 21 heavy (non-hydrogen) atoms. The molecule has 1 aromatic rings. The van der Waals surface area contributed by atoms with Crippen molar-refractivity contribution in [3.63, 3.8) is 0 Å². The molecule has 0 aliphatic heterocycles. The second kappa shape index (κ2) is 7.05. The van der Waals surface area contributed by atoms with Crippen LogP contribution in [0.15, 0.2) is 18.2 Å². The van der Waals surface area contributed by atoms with Gasteiger partial charge in [-0.25, -0.2) is 0 Å². The molecule has 0 heterocycles. The van der Waals surface area contributed by atoms with Gasteiger partial charge in [0, 0.05) is 30.3 Å². The van der Waals surface area contributed by atoms with E-state index in [4.69, 9.17) is 10.5 Å². The number of likely N-dealkylation sites (N-methyl/N-ethyl adjacent to an activating group) is 1. The average molecular weight is 290 g/mol. The summed E-state index contributed by atoms with van der Waals surface area (Å²) in [5.41, 5.74) is 7.71. The van der Waals surface area contributed by atoms with E-state index in [2.05, 4.69) is 11.9 Å². The first-order valence-corrected chi connectivity index (χ1v) is 7.73. The van der Waals surface area contributed by atoms with E-state index in [1.54, 1.807) is 6.92 Å². The van der Waals surface area contributed by atoms with Gasteiger partial charge < -0.3 is 10.5 Å². The predicted octanol–water partition coefficient (Wildman–Crippen LogP) is 2.46. The first-order chi connectivity index (χ1) is 10.1. The third-order valence-corrected chi connectivity index (χ3v) is 4.16. The van der Waals surface area contributed by atoms with Gasteiger partial charge in [0.2, 0.25) is 0 Å². The molecule has 1 atom stereocenters. The highest BCUT2D eigenvalue weighted by atomic mass is 16.5. The summed E-state index contributed by atoms with van der Waals surface area (Å²) in [5.74, 6) is 1.67. The molecule has 2 rings (SSSR count). The third kappa shape index (κ3) is 4.05. The molecular weight excluding hydrogens is 264 g/mol. The molecule has 1 unspecified atom stereocenters. The minimum atomic E-state index is 0.0829. The van der Waals surface area contributed by atoms with Gasteiger partial charge in [0.15, 0.2) is 5.78 Å². The average Bonchev–Trinajstić information content (AvgIpc) is 3.26. The lowest BCUT2D eigenvalue weighted by atomic mass is 10.0. The number of ether oxygens (including phenoxy) is 1. The number of carbonyl (C=O) groups excluding carboxylic acids is 1. The molecule has 116 valence electrons. The van der Waals surface area contributed by atoms with Gasteiger partial charge in [0.1, 0.15) is 5.75 Å². The highest BCUT2D eigenvalue weighted by Gasteiger charge is 2.33. The van der Waals surface area contributed by atoms with Crippen molar-refractivity contribution in [1.82, 2.24) is 4.90 Å². The number of hydrogen-bond donors (Lipinski definition) is 1. The van der Waals surface area contributed by atoms with Crippen molar-refractivity contribution in [3.8, 4) is 5.75 Å². The first kappa shape index (κ1) is 16.0. The standard InChI is InChI=1S/C17H26N2O2/c1-4-21-17-8-7-14(12(2)20)9-15(17)11-19(3)16(10-18)13-5-6-13/h7-9,13,16H,4-6,10-11,18H2,1-3H3. The number of ketones is 1. The Morgan fingerprint density at radius 2 is 2.19 bits per heavy atom. The van der Waals surface area contributed by atoms with Crippen LogP contribution in [0, 0.1) is 5.92 Å². The largest absolute Gasteiger partial charge is 0.494 e. The quantitative estimate of drug-likeness (QED) is 0.747.